The van der Waals surface area contributed by atoms with Crippen LogP contribution < -0.4 is 10.1 Å². The number of benzene rings is 2. The number of rotatable bonds is 4. The standard InChI is InChI=1S/C16H17NO3/c1-11-8-9-13(10-15(11)18)17-16(19)12(2)20-14-6-4-3-5-7-14/h3-10,12,18H,1-2H3,(H,17,19)/t12-/m0/s1. The van der Waals surface area contributed by atoms with Crippen molar-refractivity contribution in [1.29, 1.82) is 0 Å². The highest BCUT2D eigenvalue weighted by atomic mass is 16.5. The average Bonchev–Trinajstić information content (AvgIpc) is 2.44. The van der Waals surface area contributed by atoms with E-state index in [4.69, 9.17) is 4.74 Å². The van der Waals surface area contributed by atoms with Crippen LogP contribution in [0.3, 0.4) is 0 Å². The molecule has 2 aromatic carbocycles. The third-order valence-corrected chi connectivity index (χ3v) is 2.90. The van der Waals surface area contributed by atoms with Crippen molar-refractivity contribution in [2.45, 2.75) is 20.0 Å². The Kier molecular flexibility index (Phi) is 4.25. The predicted octanol–water partition coefficient (Wildman–Crippen LogP) is 3.11. The van der Waals surface area contributed by atoms with Gasteiger partial charge in [-0.1, -0.05) is 24.3 Å². The number of amides is 1. The summed E-state index contributed by atoms with van der Waals surface area (Å²) < 4.78 is 5.53. The van der Waals surface area contributed by atoms with E-state index in [1.807, 2.05) is 18.2 Å². The molecule has 0 spiro atoms. The second kappa shape index (κ2) is 6.10. The summed E-state index contributed by atoms with van der Waals surface area (Å²) in [5, 5.41) is 12.3. The zero-order chi connectivity index (χ0) is 14.5. The zero-order valence-electron chi connectivity index (χ0n) is 11.5. The van der Waals surface area contributed by atoms with Crippen LogP contribution in [0.1, 0.15) is 12.5 Å². The quantitative estimate of drug-likeness (QED) is 0.898. The van der Waals surface area contributed by atoms with Crippen LogP contribution in [0.25, 0.3) is 0 Å². The van der Waals surface area contributed by atoms with Gasteiger partial charge in [0.05, 0.1) is 0 Å². The van der Waals surface area contributed by atoms with E-state index in [-0.39, 0.29) is 11.7 Å². The molecule has 2 rings (SSSR count). The van der Waals surface area contributed by atoms with Crippen molar-refractivity contribution in [3.8, 4) is 11.5 Å². The first-order chi connectivity index (χ1) is 9.56. The fourth-order valence-electron chi connectivity index (χ4n) is 1.69. The maximum Gasteiger partial charge on any atom is 0.265 e. The second-order valence-corrected chi connectivity index (χ2v) is 4.56. The van der Waals surface area contributed by atoms with Gasteiger partial charge in [0.2, 0.25) is 0 Å². The van der Waals surface area contributed by atoms with E-state index in [9.17, 15) is 9.90 Å². The maximum atomic E-state index is 12.0. The van der Waals surface area contributed by atoms with Crippen molar-refractivity contribution >= 4 is 11.6 Å². The van der Waals surface area contributed by atoms with Crippen LogP contribution in [0, 0.1) is 6.92 Å². The van der Waals surface area contributed by atoms with Gasteiger partial charge in [-0.3, -0.25) is 4.79 Å². The van der Waals surface area contributed by atoms with Crippen LogP contribution in [-0.2, 0) is 4.79 Å². The predicted molar refractivity (Wildman–Crippen MR) is 78.0 cm³/mol. The summed E-state index contributed by atoms with van der Waals surface area (Å²) in [6, 6.07) is 14.2. The molecule has 0 aliphatic carbocycles. The zero-order valence-corrected chi connectivity index (χ0v) is 11.5. The van der Waals surface area contributed by atoms with Crippen molar-refractivity contribution in [3.63, 3.8) is 0 Å². The summed E-state index contributed by atoms with van der Waals surface area (Å²) in [4.78, 5) is 12.0. The van der Waals surface area contributed by atoms with E-state index in [2.05, 4.69) is 5.32 Å². The van der Waals surface area contributed by atoms with Crippen LogP contribution >= 0.6 is 0 Å². The van der Waals surface area contributed by atoms with E-state index in [0.717, 1.165) is 5.56 Å². The van der Waals surface area contributed by atoms with Crippen LogP contribution in [0.2, 0.25) is 0 Å². The molecular formula is C16H17NO3. The highest BCUT2D eigenvalue weighted by Crippen LogP contribution is 2.21. The summed E-state index contributed by atoms with van der Waals surface area (Å²) in [5.74, 6) is 0.526. The normalized spacial score (nSPS) is 11.7. The molecule has 4 nitrogen and oxygen atoms in total. The number of aromatic hydroxyl groups is 1. The number of phenols is 1. The molecule has 20 heavy (non-hydrogen) atoms. The molecule has 0 unspecified atom stereocenters. The summed E-state index contributed by atoms with van der Waals surface area (Å²) >= 11 is 0. The number of ether oxygens (including phenoxy) is 1. The first-order valence-electron chi connectivity index (χ1n) is 6.38. The van der Waals surface area contributed by atoms with E-state index in [1.54, 1.807) is 38.1 Å². The Morgan fingerprint density at radius 1 is 1.20 bits per heavy atom. The molecule has 1 amide bonds. The molecule has 0 fully saturated rings. The Balaban J connectivity index is 1.99. The molecule has 2 aromatic rings. The fraction of sp³-hybridized carbons (Fsp3) is 0.188. The number of anilines is 1. The number of hydrogen-bond donors (Lipinski definition) is 2. The van der Waals surface area contributed by atoms with Crippen molar-refractivity contribution in [3.05, 3.63) is 54.1 Å². The molecule has 104 valence electrons. The number of carbonyl (C=O) groups is 1. The van der Waals surface area contributed by atoms with Gasteiger partial charge in [0.25, 0.3) is 5.91 Å². The average molecular weight is 271 g/mol. The molecule has 0 aliphatic heterocycles. The minimum atomic E-state index is -0.624. The number of nitrogens with one attached hydrogen (secondary N) is 1. The van der Waals surface area contributed by atoms with Gasteiger partial charge in [-0.2, -0.15) is 0 Å². The molecular weight excluding hydrogens is 254 g/mol. The number of para-hydroxylation sites is 1. The topological polar surface area (TPSA) is 58.6 Å². The first kappa shape index (κ1) is 13.9. The van der Waals surface area contributed by atoms with Gasteiger partial charge in [-0.15, -0.1) is 0 Å². The van der Waals surface area contributed by atoms with E-state index in [0.29, 0.717) is 11.4 Å². The van der Waals surface area contributed by atoms with Crippen molar-refractivity contribution < 1.29 is 14.6 Å². The highest BCUT2D eigenvalue weighted by Gasteiger charge is 2.15. The smallest absolute Gasteiger partial charge is 0.265 e. The fourth-order valence-corrected chi connectivity index (χ4v) is 1.69. The monoisotopic (exact) mass is 271 g/mol. The lowest BCUT2D eigenvalue weighted by atomic mass is 10.2. The summed E-state index contributed by atoms with van der Waals surface area (Å²) in [6.45, 7) is 3.47. The third-order valence-electron chi connectivity index (χ3n) is 2.90. The largest absolute Gasteiger partial charge is 0.508 e. The third kappa shape index (κ3) is 3.51. The van der Waals surface area contributed by atoms with Crippen LogP contribution in [0.5, 0.6) is 11.5 Å². The van der Waals surface area contributed by atoms with Crippen LogP contribution in [0.4, 0.5) is 5.69 Å². The Morgan fingerprint density at radius 3 is 2.55 bits per heavy atom. The molecule has 0 aliphatic rings. The van der Waals surface area contributed by atoms with Gasteiger partial charge in [-0.05, 0) is 37.6 Å². The van der Waals surface area contributed by atoms with E-state index >= 15 is 0 Å². The molecule has 2 N–H and O–H groups in total. The Hall–Kier alpha value is -2.49. The Labute approximate surface area is 118 Å². The molecule has 0 radical (unpaired) electrons. The van der Waals surface area contributed by atoms with Crippen molar-refractivity contribution in [2.75, 3.05) is 5.32 Å². The van der Waals surface area contributed by atoms with Crippen molar-refractivity contribution in [1.82, 2.24) is 0 Å². The van der Waals surface area contributed by atoms with Gasteiger partial charge in [0, 0.05) is 11.8 Å². The van der Waals surface area contributed by atoms with E-state index < -0.39 is 6.10 Å². The SMILES string of the molecule is Cc1ccc(NC(=O)[C@H](C)Oc2ccccc2)cc1O. The lowest BCUT2D eigenvalue weighted by molar-refractivity contribution is -0.122. The van der Waals surface area contributed by atoms with Gasteiger partial charge < -0.3 is 15.2 Å². The molecule has 0 bridgehead atoms. The van der Waals surface area contributed by atoms with Crippen molar-refractivity contribution in [2.24, 2.45) is 0 Å². The number of carbonyl (C=O) groups excluding carboxylic acids is 1. The van der Waals surface area contributed by atoms with Gasteiger partial charge >= 0.3 is 0 Å². The molecule has 0 aromatic heterocycles. The lowest BCUT2D eigenvalue weighted by Crippen LogP contribution is -2.30. The highest BCUT2D eigenvalue weighted by molar-refractivity contribution is 5.94. The molecule has 0 saturated heterocycles. The van der Waals surface area contributed by atoms with Crippen LogP contribution in [0.15, 0.2) is 48.5 Å². The van der Waals surface area contributed by atoms with Gasteiger partial charge in [-0.25, -0.2) is 0 Å². The minimum absolute atomic E-state index is 0.152. The Morgan fingerprint density at radius 2 is 1.90 bits per heavy atom. The molecule has 0 heterocycles. The second-order valence-electron chi connectivity index (χ2n) is 4.56. The number of aryl methyl sites for hydroxylation is 1. The first-order valence-corrected chi connectivity index (χ1v) is 6.38. The van der Waals surface area contributed by atoms with Gasteiger partial charge in [0.1, 0.15) is 11.5 Å². The summed E-state index contributed by atoms with van der Waals surface area (Å²) in [6.07, 6.45) is -0.624. The Bertz CT molecular complexity index is 596. The van der Waals surface area contributed by atoms with Gasteiger partial charge in [0.15, 0.2) is 6.10 Å². The number of hydrogen-bond acceptors (Lipinski definition) is 3. The molecule has 4 heteroatoms. The summed E-state index contributed by atoms with van der Waals surface area (Å²) in [7, 11) is 0. The summed E-state index contributed by atoms with van der Waals surface area (Å²) in [5.41, 5.74) is 1.30. The molecule has 0 saturated carbocycles. The molecule has 1 atom stereocenters. The van der Waals surface area contributed by atoms with E-state index in [1.165, 1.54) is 6.07 Å². The van der Waals surface area contributed by atoms with Crippen LogP contribution in [-0.4, -0.2) is 17.1 Å². The lowest BCUT2D eigenvalue weighted by Gasteiger charge is -2.15. The number of phenolic OH excluding ortho intramolecular Hbond substituents is 1. The maximum absolute atomic E-state index is 12.0. The minimum Gasteiger partial charge on any atom is -0.508 e.